The van der Waals surface area contributed by atoms with Gasteiger partial charge in [-0.2, -0.15) is 10.1 Å². The molecule has 0 aliphatic carbocycles. The average Bonchev–Trinajstić information content (AvgIpc) is 3.11. The standard InChI is InChI=1S/C13H17N7O7/c14-4(22)1-16-11(26)6-5-9(17-13(15)18-10(5)25)20(19-6)12-8(24)7(23)3(2-21)27-12/h3,7-8,12,21,23-24H,1-2H2,(H2,14,22)(H,16,26)(H3,15,17,18,25)/t3-,7-,8-,12-/m1/s1. The van der Waals surface area contributed by atoms with Gasteiger partial charge < -0.3 is 36.8 Å². The molecule has 1 saturated heterocycles. The summed E-state index contributed by atoms with van der Waals surface area (Å²) in [7, 11) is 0. The number of nitrogen functional groups attached to an aromatic ring is 1. The van der Waals surface area contributed by atoms with Crippen LogP contribution in [0.1, 0.15) is 16.7 Å². The highest BCUT2D eigenvalue weighted by molar-refractivity contribution is 6.04. The fourth-order valence-corrected chi connectivity index (χ4v) is 2.73. The lowest BCUT2D eigenvalue weighted by atomic mass is 10.1. The van der Waals surface area contributed by atoms with E-state index in [1.54, 1.807) is 0 Å². The summed E-state index contributed by atoms with van der Waals surface area (Å²) >= 11 is 0. The van der Waals surface area contributed by atoms with Gasteiger partial charge >= 0.3 is 0 Å². The minimum absolute atomic E-state index is 0.199. The highest BCUT2D eigenvalue weighted by atomic mass is 16.6. The Labute approximate surface area is 149 Å². The molecule has 3 heterocycles. The van der Waals surface area contributed by atoms with Crippen LogP contribution in [0.15, 0.2) is 4.79 Å². The molecule has 14 nitrogen and oxygen atoms in total. The number of amides is 2. The number of nitrogens with zero attached hydrogens (tertiary/aromatic N) is 3. The molecule has 0 unspecified atom stereocenters. The summed E-state index contributed by atoms with van der Waals surface area (Å²) in [5, 5.41) is 35.2. The molecular formula is C13H17N7O7. The third kappa shape index (κ3) is 3.21. The number of anilines is 1. The Morgan fingerprint density at radius 2 is 2.04 bits per heavy atom. The summed E-state index contributed by atoms with van der Waals surface area (Å²) in [5.41, 5.74) is 9.09. The van der Waals surface area contributed by atoms with E-state index in [1.807, 2.05) is 0 Å². The lowest BCUT2D eigenvalue weighted by Gasteiger charge is -2.15. The van der Waals surface area contributed by atoms with Gasteiger partial charge in [0.05, 0.1) is 13.2 Å². The molecular weight excluding hydrogens is 366 g/mol. The van der Waals surface area contributed by atoms with Crippen molar-refractivity contribution in [3.05, 3.63) is 16.0 Å². The lowest BCUT2D eigenvalue weighted by molar-refractivity contribution is -0.117. The fourth-order valence-electron chi connectivity index (χ4n) is 2.73. The van der Waals surface area contributed by atoms with E-state index in [-0.39, 0.29) is 17.0 Å². The van der Waals surface area contributed by atoms with Gasteiger partial charge in [0.15, 0.2) is 17.6 Å². The zero-order valence-electron chi connectivity index (χ0n) is 13.7. The normalized spacial score (nSPS) is 25.0. The molecule has 1 fully saturated rings. The minimum atomic E-state index is -1.53. The van der Waals surface area contributed by atoms with E-state index < -0.39 is 60.8 Å². The van der Waals surface area contributed by atoms with E-state index >= 15 is 0 Å². The molecule has 27 heavy (non-hydrogen) atoms. The summed E-state index contributed by atoms with van der Waals surface area (Å²) in [6.07, 6.45) is -5.44. The van der Waals surface area contributed by atoms with Gasteiger partial charge in [0.1, 0.15) is 23.7 Å². The molecule has 1 aliphatic rings. The highest BCUT2D eigenvalue weighted by Crippen LogP contribution is 2.31. The predicted molar refractivity (Wildman–Crippen MR) is 87.1 cm³/mol. The number of nitrogens with one attached hydrogen (secondary N) is 2. The molecule has 146 valence electrons. The van der Waals surface area contributed by atoms with Crippen molar-refractivity contribution in [3.63, 3.8) is 0 Å². The topological polar surface area (TPSA) is 232 Å². The molecule has 0 bridgehead atoms. The zero-order valence-corrected chi connectivity index (χ0v) is 13.7. The van der Waals surface area contributed by atoms with Gasteiger partial charge in [0.25, 0.3) is 11.5 Å². The van der Waals surface area contributed by atoms with Gasteiger partial charge in [-0.25, -0.2) is 4.68 Å². The number of nitrogens with two attached hydrogens (primary N) is 2. The van der Waals surface area contributed by atoms with Crippen LogP contribution in [-0.4, -0.2) is 78.3 Å². The number of rotatable bonds is 5. The maximum absolute atomic E-state index is 12.3. The number of aliphatic hydroxyl groups excluding tert-OH is 3. The van der Waals surface area contributed by atoms with Crippen LogP contribution in [0.5, 0.6) is 0 Å². The van der Waals surface area contributed by atoms with Crippen molar-refractivity contribution < 1.29 is 29.6 Å². The summed E-state index contributed by atoms with van der Waals surface area (Å²) in [4.78, 5) is 41.5. The lowest BCUT2D eigenvalue weighted by Crippen LogP contribution is -2.34. The number of carbonyl (C=O) groups excluding carboxylic acids is 2. The monoisotopic (exact) mass is 383 g/mol. The third-order valence-electron chi connectivity index (χ3n) is 3.98. The molecule has 1 aliphatic heterocycles. The number of hydrogen-bond donors (Lipinski definition) is 7. The van der Waals surface area contributed by atoms with Crippen molar-refractivity contribution in [1.29, 1.82) is 0 Å². The second-order valence-electron chi connectivity index (χ2n) is 5.82. The van der Waals surface area contributed by atoms with Crippen molar-refractivity contribution in [2.75, 3.05) is 18.9 Å². The number of carbonyl (C=O) groups is 2. The van der Waals surface area contributed by atoms with Crippen LogP contribution in [0.25, 0.3) is 11.0 Å². The van der Waals surface area contributed by atoms with E-state index in [2.05, 4.69) is 20.4 Å². The Bertz CT molecular complexity index is 954. The van der Waals surface area contributed by atoms with E-state index in [1.165, 1.54) is 0 Å². The maximum atomic E-state index is 12.3. The maximum Gasteiger partial charge on any atom is 0.273 e. The van der Waals surface area contributed by atoms with Gasteiger partial charge in [-0.3, -0.25) is 19.4 Å². The third-order valence-corrected chi connectivity index (χ3v) is 3.98. The summed E-state index contributed by atoms with van der Waals surface area (Å²) in [6.45, 7) is -1.09. The molecule has 4 atom stereocenters. The van der Waals surface area contributed by atoms with E-state index in [0.29, 0.717) is 0 Å². The molecule has 3 rings (SSSR count). The molecule has 0 saturated carbocycles. The molecule has 0 radical (unpaired) electrons. The van der Waals surface area contributed by atoms with E-state index in [0.717, 1.165) is 4.68 Å². The Morgan fingerprint density at radius 1 is 1.33 bits per heavy atom. The second kappa shape index (κ2) is 6.92. The number of H-pyrrole nitrogens is 1. The van der Waals surface area contributed by atoms with Crippen LogP contribution >= 0.6 is 0 Å². The Balaban J connectivity index is 2.12. The van der Waals surface area contributed by atoms with Crippen LogP contribution in [0.3, 0.4) is 0 Å². The van der Waals surface area contributed by atoms with Gasteiger partial charge in [-0.15, -0.1) is 0 Å². The zero-order chi connectivity index (χ0) is 19.9. The molecule has 2 aromatic rings. The molecule has 0 spiro atoms. The highest BCUT2D eigenvalue weighted by Gasteiger charge is 2.45. The number of primary amides is 1. The van der Waals surface area contributed by atoms with E-state index in [9.17, 15) is 29.7 Å². The number of hydrogen-bond acceptors (Lipinski definition) is 10. The number of aliphatic hydroxyl groups is 3. The molecule has 2 amide bonds. The van der Waals surface area contributed by atoms with Crippen LogP contribution in [0.4, 0.5) is 5.95 Å². The van der Waals surface area contributed by atoms with Crippen LogP contribution in [0.2, 0.25) is 0 Å². The number of ether oxygens (including phenoxy) is 1. The SMILES string of the molecule is NC(=O)CNC(=O)c1nn([C@@H]2O[C@H](CO)[C@@H](O)[C@H]2O)c2nc(N)[nH]c(=O)c12. The van der Waals surface area contributed by atoms with Crippen LogP contribution in [0, 0.1) is 0 Å². The van der Waals surface area contributed by atoms with Crippen molar-refractivity contribution in [1.82, 2.24) is 25.1 Å². The minimum Gasteiger partial charge on any atom is -0.394 e. The molecule has 14 heteroatoms. The van der Waals surface area contributed by atoms with E-state index in [4.69, 9.17) is 16.2 Å². The average molecular weight is 383 g/mol. The summed E-state index contributed by atoms with van der Waals surface area (Å²) in [5.74, 6) is -2.00. The first kappa shape index (κ1) is 18.7. The number of aromatic amines is 1. The van der Waals surface area contributed by atoms with Gasteiger partial charge in [0, 0.05) is 0 Å². The second-order valence-corrected chi connectivity index (χ2v) is 5.82. The van der Waals surface area contributed by atoms with Gasteiger partial charge in [-0.1, -0.05) is 0 Å². The van der Waals surface area contributed by atoms with Crippen molar-refractivity contribution in [3.8, 4) is 0 Å². The predicted octanol–water partition coefficient (Wildman–Crippen LogP) is -4.47. The molecule has 0 aromatic carbocycles. The fraction of sp³-hybridized carbons (Fsp3) is 0.462. The Hall–Kier alpha value is -3.07. The quantitative estimate of drug-likeness (QED) is 0.261. The Kier molecular flexibility index (Phi) is 4.79. The first-order valence-electron chi connectivity index (χ1n) is 7.71. The summed E-state index contributed by atoms with van der Waals surface area (Å²) < 4.78 is 6.26. The molecule has 9 N–H and O–H groups in total. The first-order chi connectivity index (χ1) is 12.7. The van der Waals surface area contributed by atoms with Crippen molar-refractivity contribution >= 4 is 28.8 Å². The largest absolute Gasteiger partial charge is 0.394 e. The van der Waals surface area contributed by atoms with Gasteiger partial charge in [-0.05, 0) is 0 Å². The molecule has 2 aromatic heterocycles. The summed E-state index contributed by atoms with van der Waals surface area (Å²) in [6, 6.07) is 0. The Morgan fingerprint density at radius 3 is 2.63 bits per heavy atom. The van der Waals surface area contributed by atoms with Crippen molar-refractivity contribution in [2.45, 2.75) is 24.5 Å². The number of aromatic nitrogens is 4. The number of fused-ring (bicyclic) bond motifs is 1. The van der Waals surface area contributed by atoms with Gasteiger partial charge in [0.2, 0.25) is 11.9 Å². The van der Waals surface area contributed by atoms with Crippen molar-refractivity contribution in [2.24, 2.45) is 5.73 Å². The smallest absolute Gasteiger partial charge is 0.273 e. The first-order valence-corrected chi connectivity index (χ1v) is 7.71. The van der Waals surface area contributed by atoms with Crippen LogP contribution in [-0.2, 0) is 9.53 Å². The van der Waals surface area contributed by atoms with Crippen LogP contribution < -0.4 is 22.3 Å².